The van der Waals surface area contributed by atoms with Crippen LogP contribution in [0.25, 0.3) is 0 Å². The smallest absolute Gasteiger partial charge is 0.232 e. The van der Waals surface area contributed by atoms with Gasteiger partial charge in [-0.3, -0.25) is 9.59 Å². The molecule has 0 aromatic heterocycles. The number of nitrogens with one attached hydrogen (secondary N) is 1. The summed E-state index contributed by atoms with van der Waals surface area (Å²) < 4.78 is 0. The lowest BCUT2D eigenvalue weighted by Crippen LogP contribution is -2.16. The maximum absolute atomic E-state index is 12.1. The molecule has 1 amide bonds. The fourth-order valence-corrected chi connectivity index (χ4v) is 2.32. The second-order valence-corrected chi connectivity index (χ2v) is 5.26. The van der Waals surface area contributed by atoms with Crippen molar-refractivity contribution in [3.8, 4) is 0 Å². The Labute approximate surface area is 131 Å². The lowest BCUT2D eigenvalue weighted by molar-refractivity contribution is -0.115. The molecular formula is C19H21NO2. The molecule has 0 spiro atoms. The van der Waals surface area contributed by atoms with Crippen LogP contribution in [0.3, 0.4) is 0 Å². The van der Waals surface area contributed by atoms with E-state index in [1.165, 1.54) is 11.1 Å². The van der Waals surface area contributed by atoms with Crippen LogP contribution in [0.2, 0.25) is 0 Å². The highest BCUT2D eigenvalue weighted by Crippen LogP contribution is 2.17. The van der Waals surface area contributed by atoms with E-state index < -0.39 is 0 Å². The zero-order valence-electron chi connectivity index (χ0n) is 13.1. The molecule has 2 aromatic rings. The van der Waals surface area contributed by atoms with Gasteiger partial charge in [0.25, 0.3) is 0 Å². The highest BCUT2D eigenvalue weighted by molar-refractivity contribution is 6.11. The lowest BCUT2D eigenvalue weighted by atomic mass is 10.0. The first-order valence-corrected chi connectivity index (χ1v) is 7.63. The monoisotopic (exact) mass is 295 g/mol. The summed E-state index contributed by atoms with van der Waals surface area (Å²) in [7, 11) is 0. The van der Waals surface area contributed by atoms with Crippen LogP contribution in [0.5, 0.6) is 0 Å². The number of hydrogen-bond acceptors (Lipinski definition) is 2. The topological polar surface area (TPSA) is 46.2 Å². The molecular weight excluding hydrogens is 274 g/mol. The van der Waals surface area contributed by atoms with Crippen molar-refractivity contribution in [1.29, 1.82) is 0 Å². The summed E-state index contributed by atoms with van der Waals surface area (Å²) in [5, 5.41) is 2.83. The molecule has 3 heteroatoms. The van der Waals surface area contributed by atoms with Crippen molar-refractivity contribution in [2.75, 3.05) is 5.32 Å². The first kappa shape index (κ1) is 16.0. The van der Waals surface area contributed by atoms with Crippen molar-refractivity contribution in [2.45, 2.75) is 33.1 Å². The summed E-state index contributed by atoms with van der Waals surface area (Å²) in [6, 6.07) is 15.0. The molecule has 3 nitrogen and oxygen atoms in total. The van der Waals surface area contributed by atoms with Crippen LogP contribution in [0.4, 0.5) is 5.69 Å². The van der Waals surface area contributed by atoms with Crippen LogP contribution in [0, 0.1) is 0 Å². The summed E-state index contributed by atoms with van der Waals surface area (Å²) in [6.45, 7) is 4.17. The predicted molar refractivity (Wildman–Crippen MR) is 89.2 cm³/mol. The third kappa shape index (κ3) is 4.29. The van der Waals surface area contributed by atoms with Crippen LogP contribution in [0.1, 0.15) is 41.8 Å². The number of amides is 1. The standard InChI is InChI=1S/C19H21NO2/c1-3-14-10-15(4-2)12-17(11-14)20-19(22)13-18(21)16-8-6-5-7-9-16/h5-12H,3-4,13H2,1-2H3,(H,20,22). The molecule has 0 fully saturated rings. The Kier molecular flexibility index (Phi) is 5.48. The lowest BCUT2D eigenvalue weighted by Gasteiger charge is -2.09. The third-order valence-electron chi connectivity index (χ3n) is 3.57. The van der Waals surface area contributed by atoms with Crippen LogP contribution in [-0.2, 0) is 17.6 Å². The first-order valence-electron chi connectivity index (χ1n) is 7.63. The summed E-state index contributed by atoms with van der Waals surface area (Å²) in [4.78, 5) is 24.1. The van der Waals surface area contributed by atoms with E-state index in [-0.39, 0.29) is 18.1 Å². The molecule has 0 saturated heterocycles. The van der Waals surface area contributed by atoms with E-state index in [4.69, 9.17) is 0 Å². The zero-order valence-corrected chi connectivity index (χ0v) is 13.1. The molecule has 0 atom stereocenters. The Morgan fingerprint density at radius 2 is 1.50 bits per heavy atom. The Hall–Kier alpha value is -2.42. The van der Waals surface area contributed by atoms with Crippen LogP contribution in [-0.4, -0.2) is 11.7 Å². The maximum atomic E-state index is 12.1. The van der Waals surface area contributed by atoms with Gasteiger partial charge in [0, 0.05) is 11.3 Å². The van der Waals surface area contributed by atoms with E-state index >= 15 is 0 Å². The van der Waals surface area contributed by atoms with Crippen molar-refractivity contribution < 1.29 is 9.59 Å². The number of rotatable bonds is 6. The largest absolute Gasteiger partial charge is 0.326 e. The summed E-state index contributed by atoms with van der Waals surface area (Å²) in [5.41, 5.74) is 3.70. The molecule has 114 valence electrons. The number of hydrogen-bond donors (Lipinski definition) is 1. The highest BCUT2D eigenvalue weighted by atomic mass is 16.2. The minimum absolute atomic E-state index is 0.137. The molecule has 2 rings (SSSR count). The van der Waals surface area contributed by atoms with Crippen molar-refractivity contribution in [2.24, 2.45) is 0 Å². The van der Waals surface area contributed by atoms with E-state index in [2.05, 4.69) is 25.2 Å². The van der Waals surface area contributed by atoms with E-state index in [0.717, 1.165) is 18.5 Å². The average Bonchev–Trinajstić information content (AvgIpc) is 2.55. The molecule has 22 heavy (non-hydrogen) atoms. The quantitative estimate of drug-likeness (QED) is 0.646. The van der Waals surface area contributed by atoms with Gasteiger partial charge in [-0.2, -0.15) is 0 Å². The molecule has 0 heterocycles. The molecule has 0 aliphatic heterocycles. The van der Waals surface area contributed by atoms with Crippen molar-refractivity contribution in [3.63, 3.8) is 0 Å². The van der Waals surface area contributed by atoms with Gasteiger partial charge < -0.3 is 5.32 Å². The number of aryl methyl sites for hydroxylation is 2. The molecule has 0 saturated carbocycles. The van der Waals surface area contributed by atoms with E-state index in [0.29, 0.717) is 5.56 Å². The Balaban J connectivity index is 2.04. The number of ketones is 1. The minimum Gasteiger partial charge on any atom is -0.326 e. The Morgan fingerprint density at radius 1 is 0.909 bits per heavy atom. The zero-order chi connectivity index (χ0) is 15.9. The summed E-state index contributed by atoms with van der Waals surface area (Å²) in [6.07, 6.45) is 1.70. The van der Waals surface area contributed by atoms with Gasteiger partial charge in [0.2, 0.25) is 5.91 Å². The maximum Gasteiger partial charge on any atom is 0.232 e. The number of benzene rings is 2. The number of anilines is 1. The molecule has 0 aliphatic rings. The van der Waals surface area contributed by atoms with E-state index in [1.807, 2.05) is 18.2 Å². The van der Waals surface area contributed by atoms with E-state index in [9.17, 15) is 9.59 Å². The Morgan fingerprint density at radius 3 is 2.05 bits per heavy atom. The Bertz CT molecular complexity index is 640. The van der Waals surface area contributed by atoms with Gasteiger partial charge in [0.05, 0.1) is 6.42 Å². The van der Waals surface area contributed by atoms with Crippen molar-refractivity contribution in [1.82, 2.24) is 0 Å². The normalized spacial score (nSPS) is 10.3. The van der Waals surface area contributed by atoms with Gasteiger partial charge in [0.15, 0.2) is 5.78 Å². The van der Waals surface area contributed by atoms with Crippen LogP contribution < -0.4 is 5.32 Å². The number of Topliss-reactive ketones (excluding diaryl/α,β-unsaturated/α-hetero) is 1. The van der Waals surface area contributed by atoms with Gasteiger partial charge >= 0.3 is 0 Å². The minimum atomic E-state index is -0.274. The highest BCUT2D eigenvalue weighted by Gasteiger charge is 2.12. The van der Waals surface area contributed by atoms with Crippen molar-refractivity contribution in [3.05, 3.63) is 65.2 Å². The van der Waals surface area contributed by atoms with Gasteiger partial charge in [-0.05, 0) is 36.1 Å². The molecule has 0 aliphatic carbocycles. The van der Waals surface area contributed by atoms with Gasteiger partial charge in [-0.25, -0.2) is 0 Å². The average molecular weight is 295 g/mol. The van der Waals surface area contributed by atoms with Gasteiger partial charge in [-0.1, -0.05) is 50.2 Å². The predicted octanol–water partition coefficient (Wildman–Crippen LogP) is 4.02. The first-order chi connectivity index (χ1) is 10.6. The summed E-state index contributed by atoms with van der Waals surface area (Å²) in [5.74, 6) is -0.440. The molecule has 0 radical (unpaired) electrons. The molecule has 0 unspecified atom stereocenters. The molecule has 2 aromatic carbocycles. The van der Waals surface area contributed by atoms with Crippen LogP contribution in [0.15, 0.2) is 48.5 Å². The van der Waals surface area contributed by atoms with Gasteiger partial charge in [-0.15, -0.1) is 0 Å². The number of carbonyl (C=O) groups is 2. The third-order valence-corrected chi connectivity index (χ3v) is 3.57. The van der Waals surface area contributed by atoms with Crippen molar-refractivity contribution >= 4 is 17.4 Å². The fraction of sp³-hybridized carbons (Fsp3) is 0.263. The van der Waals surface area contributed by atoms with Gasteiger partial charge in [0.1, 0.15) is 0 Å². The second-order valence-electron chi connectivity index (χ2n) is 5.26. The van der Waals surface area contributed by atoms with Crippen LogP contribution >= 0.6 is 0 Å². The fourth-order valence-electron chi connectivity index (χ4n) is 2.32. The molecule has 0 bridgehead atoms. The van der Waals surface area contributed by atoms with E-state index in [1.54, 1.807) is 24.3 Å². The molecule has 1 N–H and O–H groups in total. The number of carbonyl (C=O) groups excluding carboxylic acids is 2. The summed E-state index contributed by atoms with van der Waals surface area (Å²) >= 11 is 0. The second kappa shape index (κ2) is 7.55. The SMILES string of the molecule is CCc1cc(CC)cc(NC(=O)CC(=O)c2ccccc2)c1.